The lowest BCUT2D eigenvalue weighted by Crippen LogP contribution is -2.03. The maximum atomic E-state index is 11.1. The lowest BCUT2D eigenvalue weighted by atomic mass is 9.94. The predicted octanol–water partition coefficient (Wildman–Crippen LogP) is 4.71. The van der Waals surface area contributed by atoms with Gasteiger partial charge in [0.05, 0.1) is 6.42 Å². The van der Waals surface area contributed by atoms with Crippen LogP contribution in [0.25, 0.3) is 11.1 Å². The third-order valence-corrected chi connectivity index (χ3v) is 3.67. The van der Waals surface area contributed by atoms with E-state index in [1.54, 1.807) is 0 Å². The molecule has 0 unspecified atom stereocenters. The first-order valence-electron chi connectivity index (χ1n) is 7.59. The lowest BCUT2D eigenvalue weighted by molar-refractivity contribution is -0.136. The maximum absolute atomic E-state index is 11.1. The van der Waals surface area contributed by atoms with Crippen molar-refractivity contribution in [3.63, 3.8) is 0 Å². The minimum absolute atomic E-state index is 0.0752. The molecule has 2 nitrogen and oxygen atoms in total. The Morgan fingerprint density at radius 2 is 1.81 bits per heavy atom. The van der Waals surface area contributed by atoms with Gasteiger partial charge in [-0.05, 0) is 35.1 Å². The van der Waals surface area contributed by atoms with E-state index in [4.69, 9.17) is 5.11 Å². The first-order valence-corrected chi connectivity index (χ1v) is 7.59. The molecule has 0 aliphatic carbocycles. The predicted molar refractivity (Wildman–Crippen MR) is 86.4 cm³/mol. The Bertz CT molecular complexity index is 588. The third-order valence-electron chi connectivity index (χ3n) is 3.67. The first kappa shape index (κ1) is 15.3. The summed E-state index contributed by atoms with van der Waals surface area (Å²) in [7, 11) is 0. The minimum Gasteiger partial charge on any atom is -0.481 e. The standard InChI is InChI=1S/C19H22O2/c1-2-3-5-8-15-11-12-18(16-9-6-4-7-10-16)17(13-15)14-19(20)21/h4,6-7,9-13H,2-3,5,8,14H2,1H3,(H,20,21). The molecule has 2 aromatic carbocycles. The largest absolute Gasteiger partial charge is 0.481 e. The molecule has 0 bridgehead atoms. The van der Waals surface area contributed by atoms with Crippen LogP contribution in [0.2, 0.25) is 0 Å². The summed E-state index contributed by atoms with van der Waals surface area (Å²) in [5.41, 5.74) is 4.24. The van der Waals surface area contributed by atoms with Crippen LogP contribution < -0.4 is 0 Å². The van der Waals surface area contributed by atoms with E-state index in [2.05, 4.69) is 25.1 Å². The summed E-state index contributed by atoms with van der Waals surface area (Å²) in [5, 5.41) is 9.14. The normalized spacial score (nSPS) is 10.5. The Labute approximate surface area is 126 Å². The fraction of sp³-hybridized carbons (Fsp3) is 0.316. The van der Waals surface area contributed by atoms with Crippen molar-refractivity contribution in [2.24, 2.45) is 0 Å². The Balaban J connectivity index is 2.29. The smallest absolute Gasteiger partial charge is 0.307 e. The molecule has 0 radical (unpaired) electrons. The second kappa shape index (κ2) is 7.63. The molecule has 0 fully saturated rings. The Kier molecular flexibility index (Phi) is 5.56. The number of rotatable bonds is 7. The van der Waals surface area contributed by atoms with Crippen molar-refractivity contribution in [2.45, 2.75) is 39.0 Å². The summed E-state index contributed by atoms with van der Waals surface area (Å²) in [6.07, 6.45) is 4.67. The van der Waals surface area contributed by atoms with Crippen LogP contribution in [0.15, 0.2) is 48.5 Å². The molecule has 0 saturated heterocycles. The van der Waals surface area contributed by atoms with E-state index >= 15 is 0 Å². The minimum atomic E-state index is -0.780. The zero-order valence-corrected chi connectivity index (χ0v) is 12.5. The van der Waals surface area contributed by atoms with Gasteiger partial charge in [-0.25, -0.2) is 0 Å². The molecule has 0 spiro atoms. The molecule has 2 rings (SSSR count). The zero-order valence-electron chi connectivity index (χ0n) is 12.5. The molecule has 2 heteroatoms. The summed E-state index contributed by atoms with van der Waals surface area (Å²) in [5.74, 6) is -0.780. The van der Waals surface area contributed by atoms with Crippen LogP contribution in [0.1, 0.15) is 37.3 Å². The second-order valence-corrected chi connectivity index (χ2v) is 5.39. The average Bonchev–Trinajstić information content (AvgIpc) is 2.48. The number of aryl methyl sites for hydroxylation is 1. The van der Waals surface area contributed by atoms with Crippen molar-refractivity contribution in [3.8, 4) is 11.1 Å². The van der Waals surface area contributed by atoms with Gasteiger partial charge in [0.1, 0.15) is 0 Å². The molecule has 0 saturated carbocycles. The fourth-order valence-electron chi connectivity index (χ4n) is 2.59. The third kappa shape index (κ3) is 4.45. The van der Waals surface area contributed by atoms with Crippen molar-refractivity contribution >= 4 is 5.97 Å². The molecular weight excluding hydrogens is 260 g/mol. The molecule has 0 atom stereocenters. The van der Waals surface area contributed by atoms with Crippen LogP contribution in [-0.4, -0.2) is 11.1 Å². The summed E-state index contributed by atoms with van der Waals surface area (Å²) < 4.78 is 0. The molecule has 2 aromatic rings. The number of carboxylic acid groups (broad SMARTS) is 1. The summed E-state index contributed by atoms with van der Waals surface area (Å²) in [6.45, 7) is 2.19. The topological polar surface area (TPSA) is 37.3 Å². The molecule has 0 aromatic heterocycles. The monoisotopic (exact) mass is 282 g/mol. The molecule has 0 aliphatic heterocycles. The van der Waals surface area contributed by atoms with E-state index in [1.807, 2.05) is 30.3 Å². The number of aliphatic carboxylic acids is 1. The van der Waals surface area contributed by atoms with E-state index in [0.717, 1.165) is 29.5 Å². The zero-order chi connectivity index (χ0) is 15.1. The van der Waals surface area contributed by atoms with Gasteiger partial charge in [-0.2, -0.15) is 0 Å². The molecule has 21 heavy (non-hydrogen) atoms. The second-order valence-electron chi connectivity index (χ2n) is 5.39. The van der Waals surface area contributed by atoms with Gasteiger partial charge in [-0.15, -0.1) is 0 Å². The van der Waals surface area contributed by atoms with E-state index in [-0.39, 0.29) is 6.42 Å². The van der Waals surface area contributed by atoms with Crippen molar-refractivity contribution in [1.82, 2.24) is 0 Å². The number of benzene rings is 2. The molecule has 0 aliphatic rings. The highest BCUT2D eigenvalue weighted by Crippen LogP contribution is 2.26. The quantitative estimate of drug-likeness (QED) is 0.746. The van der Waals surface area contributed by atoms with Crippen LogP contribution in [0.5, 0.6) is 0 Å². The van der Waals surface area contributed by atoms with Crippen LogP contribution >= 0.6 is 0 Å². The van der Waals surface area contributed by atoms with Crippen molar-refractivity contribution in [1.29, 1.82) is 0 Å². The summed E-state index contributed by atoms with van der Waals surface area (Å²) >= 11 is 0. The Morgan fingerprint density at radius 1 is 1.05 bits per heavy atom. The van der Waals surface area contributed by atoms with Crippen LogP contribution in [0, 0.1) is 0 Å². The van der Waals surface area contributed by atoms with Gasteiger partial charge >= 0.3 is 5.97 Å². The maximum Gasteiger partial charge on any atom is 0.307 e. The fourth-order valence-corrected chi connectivity index (χ4v) is 2.59. The van der Waals surface area contributed by atoms with Crippen LogP contribution in [0.4, 0.5) is 0 Å². The highest BCUT2D eigenvalue weighted by Gasteiger charge is 2.09. The van der Waals surface area contributed by atoms with Crippen LogP contribution in [-0.2, 0) is 17.6 Å². The highest BCUT2D eigenvalue weighted by molar-refractivity contribution is 5.76. The van der Waals surface area contributed by atoms with Gasteiger partial charge in [0.25, 0.3) is 0 Å². The van der Waals surface area contributed by atoms with Gasteiger partial charge < -0.3 is 5.11 Å². The molecule has 1 N–H and O–H groups in total. The van der Waals surface area contributed by atoms with Gasteiger partial charge in [0.15, 0.2) is 0 Å². The van der Waals surface area contributed by atoms with E-state index in [1.165, 1.54) is 18.4 Å². The molecule has 0 amide bonds. The number of unbranched alkanes of at least 4 members (excludes halogenated alkanes) is 2. The van der Waals surface area contributed by atoms with Gasteiger partial charge in [-0.1, -0.05) is 68.3 Å². The van der Waals surface area contributed by atoms with Crippen LogP contribution in [0.3, 0.4) is 0 Å². The highest BCUT2D eigenvalue weighted by atomic mass is 16.4. The van der Waals surface area contributed by atoms with E-state index < -0.39 is 5.97 Å². The van der Waals surface area contributed by atoms with E-state index in [0.29, 0.717) is 0 Å². The number of hydrogen-bond acceptors (Lipinski definition) is 1. The van der Waals surface area contributed by atoms with E-state index in [9.17, 15) is 4.79 Å². The molecule has 110 valence electrons. The van der Waals surface area contributed by atoms with Crippen molar-refractivity contribution in [2.75, 3.05) is 0 Å². The Hall–Kier alpha value is -2.09. The van der Waals surface area contributed by atoms with Crippen molar-refractivity contribution < 1.29 is 9.90 Å². The van der Waals surface area contributed by atoms with Crippen molar-refractivity contribution in [3.05, 3.63) is 59.7 Å². The number of carboxylic acids is 1. The molecular formula is C19H22O2. The number of carbonyl (C=O) groups is 1. The van der Waals surface area contributed by atoms with Gasteiger partial charge in [0.2, 0.25) is 0 Å². The lowest BCUT2D eigenvalue weighted by Gasteiger charge is -2.11. The first-order chi connectivity index (χ1) is 10.2. The van der Waals surface area contributed by atoms with Gasteiger partial charge in [0, 0.05) is 0 Å². The SMILES string of the molecule is CCCCCc1ccc(-c2ccccc2)c(CC(=O)O)c1. The summed E-state index contributed by atoms with van der Waals surface area (Å²) in [4.78, 5) is 11.1. The average molecular weight is 282 g/mol. The summed E-state index contributed by atoms with van der Waals surface area (Å²) in [6, 6.07) is 16.2. The van der Waals surface area contributed by atoms with Gasteiger partial charge in [-0.3, -0.25) is 4.79 Å². The number of hydrogen-bond donors (Lipinski definition) is 1. The Morgan fingerprint density at radius 3 is 2.48 bits per heavy atom. The molecule has 0 heterocycles.